The molecule has 2 rings (SSSR count). The van der Waals surface area contributed by atoms with Crippen LogP contribution in [0.1, 0.15) is 32.6 Å². The minimum absolute atomic E-state index is 0.511. The summed E-state index contributed by atoms with van der Waals surface area (Å²) in [6.07, 6.45) is 5.67. The Kier molecular flexibility index (Phi) is 4.42. The van der Waals surface area contributed by atoms with Crippen LogP contribution in [0.25, 0.3) is 0 Å². The zero-order valence-electron chi connectivity index (χ0n) is 9.87. The fourth-order valence-corrected chi connectivity index (χ4v) is 2.59. The summed E-state index contributed by atoms with van der Waals surface area (Å²) in [5, 5.41) is 3.56. The van der Waals surface area contributed by atoms with Crippen LogP contribution in [0.2, 0.25) is 0 Å². The Morgan fingerprint density at radius 3 is 3.07 bits per heavy atom. The highest BCUT2D eigenvalue weighted by Crippen LogP contribution is 2.14. The van der Waals surface area contributed by atoms with E-state index < -0.39 is 0 Å². The highest BCUT2D eigenvalue weighted by atomic mass is 16.5. The van der Waals surface area contributed by atoms with Gasteiger partial charge in [0.25, 0.3) is 0 Å². The van der Waals surface area contributed by atoms with E-state index >= 15 is 0 Å². The van der Waals surface area contributed by atoms with Gasteiger partial charge < -0.3 is 10.1 Å². The van der Waals surface area contributed by atoms with E-state index in [-0.39, 0.29) is 0 Å². The number of nitrogens with zero attached hydrogens (tertiary/aromatic N) is 1. The standard InChI is InChI=1S/C12H24N2O/c1-11-9-14(7-3-2-6-13-11)10-12-5-4-8-15-12/h11-13H,2-10H2,1H3. The highest BCUT2D eigenvalue weighted by molar-refractivity contribution is 4.76. The number of nitrogens with one attached hydrogen (secondary N) is 1. The largest absolute Gasteiger partial charge is 0.377 e. The maximum atomic E-state index is 5.70. The molecule has 15 heavy (non-hydrogen) atoms. The van der Waals surface area contributed by atoms with E-state index in [2.05, 4.69) is 17.1 Å². The summed E-state index contributed by atoms with van der Waals surface area (Å²) < 4.78 is 5.70. The molecule has 3 heteroatoms. The van der Waals surface area contributed by atoms with Crippen LogP contribution in [0, 0.1) is 0 Å². The lowest BCUT2D eigenvalue weighted by molar-refractivity contribution is 0.0679. The van der Waals surface area contributed by atoms with Crippen molar-refractivity contribution in [1.82, 2.24) is 10.2 Å². The number of rotatable bonds is 2. The minimum Gasteiger partial charge on any atom is -0.377 e. The van der Waals surface area contributed by atoms with E-state index in [1.54, 1.807) is 0 Å². The van der Waals surface area contributed by atoms with E-state index in [1.165, 1.54) is 45.3 Å². The molecule has 3 nitrogen and oxygen atoms in total. The molecule has 2 aliphatic heterocycles. The van der Waals surface area contributed by atoms with Gasteiger partial charge in [-0.25, -0.2) is 0 Å². The van der Waals surface area contributed by atoms with Crippen LogP contribution in [0.5, 0.6) is 0 Å². The minimum atomic E-state index is 0.511. The molecule has 0 aromatic carbocycles. The molecule has 0 radical (unpaired) electrons. The maximum Gasteiger partial charge on any atom is 0.0702 e. The average molecular weight is 212 g/mol. The van der Waals surface area contributed by atoms with Gasteiger partial charge in [0.2, 0.25) is 0 Å². The fraction of sp³-hybridized carbons (Fsp3) is 1.00. The van der Waals surface area contributed by atoms with E-state index in [0.717, 1.165) is 13.2 Å². The second-order valence-electron chi connectivity index (χ2n) is 4.96. The SMILES string of the molecule is CC1CN(CC2CCCO2)CCCCN1. The summed E-state index contributed by atoms with van der Waals surface area (Å²) >= 11 is 0. The molecule has 2 atom stereocenters. The predicted octanol–water partition coefficient (Wildman–Crippen LogP) is 1.24. The van der Waals surface area contributed by atoms with Crippen LogP contribution < -0.4 is 5.32 Å². The fourth-order valence-electron chi connectivity index (χ4n) is 2.59. The van der Waals surface area contributed by atoms with E-state index in [4.69, 9.17) is 4.74 Å². The van der Waals surface area contributed by atoms with Crippen LogP contribution in [0.3, 0.4) is 0 Å². The zero-order chi connectivity index (χ0) is 10.5. The zero-order valence-corrected chi connectivity index (χ0v) is 9.87. The first-order chi connectivity index (χ1) is 7.34. The van der Waals surface area contributed by atoms with Gasteiger partial charge in [-0.05, 0) is 45.7 Å². The molecule has 2 heterocycles. The third-order valence-electron chi connectivity index (χ3n) is 3.41. The third kappa shape index (κ3) is 3.74. The van der Waals surface area contributed by atoms with Gasteiger partial charge in [0.1, 0.15) is 0 Å². The van der Waals surface area contributed by atoms with E-state index in [0.29, 0.717) is 12.1 Å². The van der Waals surface area contributed by atoms with Crippen molar-refractivity contribution in [3.8, 4) is 0 Å². The lowest BCUT2D eigenvalue weighted by atomic mass is 10.1. The van der Waals surface area contributed by atoms with E-state index in [1.807, 2.05) is 0 Å². The van der Waals surface area contributed by atoms with Crippen LogP contribution in [0.4, 0.5) is 0 Å². The van der Waals surface area contributed by atoms with Gasteiger partial charge in [0.05, 0.1) is 6.10 Å². The first-order valence-electron chi connectivity index (χ1n) is 6.42. The predicted molar refractivity (Wildman–Crippen MR) is 62.1 cm³/mol. The molecule has 0 aromatic rings. The molecule has 0 spiro atoms. The monoisotopic (exact) mass is 212 g/mol. The molecule has 2 fully saturated rings. The Morgan fingerprint density at radius 1 is 1.33 bits per heavy atom. The highest BCUT2D eigenvalue weighted by Gasteiger charge is 2.20. The van der Waals surface area contributed by atoms with Crippen molar-refractivity contribution in [3.05, 3.63) is 0 Å². The lowest BCUT2D eigenvalue weighted by Gasteiger charge is -2.30. The van der Waals surface area contributed by atoms with Gasteiger partial charge in [0, 0.05) is 25.7 Å². The molecular weight excluding hydrogens is 188 g/mol. The molecule has 1 N–H and O–H groups in total. The first kappa shape index (κ1) is 11.4. The number of ether oxygens (including phenoxy) is 1. The molecular formula is C12H24N2O. The number of hydrogen-bond acceptors (Lipinski definition) is 3. The molecule has 2 aliphatic rings. The van der Waals surface area contributed by atoms with E-state index in [9.17, 15) is 0 Å². The molecule has 2 unspecified atom stereocenters. The van der Waals surface area contributed by atoms with Crippen molar-refractivity contribution >= 4 is 0 Å². The van der Waals surface area contributed by atoms with Crippen molar-refractivity contribution in [1.29, 1.82) is 0 Å². The molecule has 88 valence electrons. The summed E-state index contributed by atoms with van der Waals surface area (Å²) in [6.45, 7) is 8.03. The van der Waals surface area contributed by atoms with Gasteiger partial charge in [0.15, 0.2) is 0 Å². The summed E-state index contributed by atoms with van der Waals surface area (Å²) in [5.41, 5.74) is 0. The van der Waals surface area contributed by atoms with Gasteiger partial charge >= 0.3 is 0 Å². The van der Waals surface area contributed by atoms with Gasteiger partial charge in [-0.3, -0.25) is 4.90 Å². The topological polar surface area (TPSA) is 24.5 Å². The van der Waals surface area contributed by atoms with Crippen molar-refractivity contribution in [2.75, 3.05) is 32.8 Å². The summed E-state index contributed by atoms with van der Waals surface area (Å²) in [5.74, 6) is 0. The quantitative estimate of drug-likeness (QED) is 0.745. The molecule has 0 bridgehead atoms. The number of hydrogen-bond donors (Lipinski definition) is 1. The van der Waals surface area contributed by atoms with Crippen LogP contribution in [-0.2, 0) is 4.74 Å². The molecule has 0 amide bonds. The normalized spacial score (nSPS) is 35.0. The summed E-state index contributed by atoms with van der Waals surface area (Å²) in [6, 6.07) is 0.631. The van der Waals surface area contributed by atoms with Crippen molar-refractivity contribution < 1.29 is 4.74 Å². The van der Waals surface area contributed by atoms with Gasteiger partial charge in [-0.15, -0.1) is 0 Å². The Balaban J connectivity index is 1.77. The summed E-state index contributed by atoms with van der Waals surface area (Å²) in [7, 11) is 0. The van der Waals surface area contributed by atoms with Crippen molar-refractivity contribution in [3.63, 3.8) is 0 Å². The Labute approximate surface area is 93.2 Å². The summed E-state index contributed by atoms with van der Waals surface area (Å²) in [4.78, 5) is 2.58. The first-order valence-corrected chi connectivity index (χ1v) is 6.42. The van der Waals surface area contributed by atoms with Crippen LogP contribution in [0.15, 0.2) is 0 Å². The third-order valence-corrected chi connectivity index (χ3v) is 3.41. The molecule has 2 saturated heterocycles. The Bertz CT molecular complexity index is 180. The molecule has 0 aliphatic carbocycles. The van der Waals surface area contributed by atoms with Crippen LogP contribution in [-0.4, -0.2) is 49.8 Å². The Hall–Kier alpha value is -0.120. The van der Waals surface area contributed by atoms with Crippen LogP contribution >= 0.6 is 0 Å². The Morgan fingerprint density at radius 2 is 2.27 bits per heavy atom. The second-order valence-corrected chi connectivity index (χ2v) is 4.96. The maximum absolute atomic E-state index is 5.70. The smallest absolute Gasteiger partial charge is 0.0702 e. The lowest BCUT2D eigenvalue weighted by Crippen LogP contribution is -2.44. The van der Waals surface area contributed by atoms with Gasteiger partial charge in [-0.2, -0.15) is 0 Å². The average Bonchev–Trinajstić information content (AvgIpc) is 2.66. The second kappa shape index (κ2) is 5.83. The molecule has 0 saturated carbocycles. The molecule has 0 aromatic heterocycles. The van der Waals surface area contributed by atoms with Crippen molar-refractivity contribution in [2.24, 2.45) is 0 Å². The van der Waals surface area contributed by atoms with Gasteiger partial charge in [-0.1, -0.05) is 0 Å². The van der Waals surface area contributed by atoms with Crippen molar-refractivity contribution in [2.45, 2.75) is 44.8 Å².